The predicted octanol–water partition coefficient (Wildman–Crippen LogP) is 4.61. The van der Waals surface area contributed by atoms with E-state index in [0.29, 0.717) is 0 Å². The van der Waals surface area contributed by atoms with Crippen molar-refractivity contribution in [3.05, 3.63) is 75.8 Å². The highest BCUT2D eigenvalue weighted by Gasteiger charge is 2.27. The van der Waals surface area contributed by atoms with E-state index < -0.39 is 0 Å². The standard InChI is InChI=1S/C19H18BrNO/c1-21(18-12-9-15-4-2-3-5-17(15)18)19(22)13-8-14-6-10-16(20)11-7-14/h2-8,10-11,13,18H,9,12H2,1H3/b13-8+/t18-/m0/s1. The number of carbonyl (C=O) groups excluding carboxylic acids is 1. The van der Waals surface area contributed by atoms with E-state index in [0.717, 1.165) is 22.9 Å². The Balaban J connectivity index is 1.71. The molecule has 0 fully saturated rings. The molecule has 1 atom stereocenters. The first-order valence-corrected chi connectivity index (χ1v) is 8.23. The lowest BCUT2D eigenvalue weighted by Gasteiger charge is -2.24. The van der Waals surface area contributed by atoms with Crippen LogP contribution < -0.4 is 0 Å². The summed E-state index contributed by atoms with van der Waals surface area (Å²) in [6, 6.07) is 16.5. The molecule has 1 amide bonds. The molecule has 0 saturated carbocycles. The van der Waals surface area contributed by atoms with Gasteiger partial charge in [-0.1, -0.05) is 52.3 Å². The van der Waals surface area contributed by atoms with Gasteiger partial charge in [-0.05, 0) is 47.7 Å². The first-order chi connectivity index (χ1) is 10.6. The molecular formula is C19H18BrNO. The minimum atomic E-state index is 0.0459. The van der Waals surface area contributed by atoms with E-state index in [1.54, 1.807) is 6.08 Å². The Bertz CT molecular complexity index is 706. The SMILES string of the molecule is CN(C(=O)/C=C/c1ccc(Br)cc1)[C@H]1CCc2ccccc21. The first kappa shape index (κ1) is 15.0. The molecule has 0 aliphatic heterocycles. The molecule has 0 spiro atoms. The Hall–Kier alpha value is -1.87. The summed E-state index contributed by atoms with van der Waals surface area (Å²) in [6.07, 6.45) is 5.58. The summed E-state index contributed by atoms with van der Waals surface area (Å²) in [5.74, 6) is 0.0459. The van der Waals surface area contributed by atoms with Gasteiger partial charge in [0.05, 0.1) is 6.04 Å². The fourth-order valence-corrected chi connectivity index (χ4v) is 3.21. The van der Waals surface area contributed by atoms with Crippen LogP contribution in [0.1, 0.15) is 29.2 Å². The molecule has 0 aromatic heterocycles. The third-order valence-electron chi connectivity index (χ3n) is 4.20. The van der Waals surface area contributed by atoms with Gasteiger partial charge in [0.1, 0.15) is 0 Å². The van der Waals surface area contributed by atoms with Gasteiger partial charge < -0.3 is 4.90 Å². The van der Waals surface area contributed by atoms with Gasteiger partial charge in [-0.25, -0.2) is 0 Å². The number of halogens is 1. The van der Waals surface area contributed by atoms with Gasteiger partial charge in [-0.2, -0.15) is 0 Å². The van der Waals surface area contributed by atoms with Crippen LogP contribution in [0.25, 0.3) is 6.08 Å². The van der Waals surface area contributed by atoms with E-state index >= 15 is 0 Å². The van der Waals surface area contributed by atoms with Crippen LogP contribution >= 0.6 is 15.9 Å². The van der Waals surface area contributed by atoms with E-state index in [9.17, 15) is 4.79 Å². The molecule has 0 saturated heterocycles. The number of carbonyl (C=O) groups is 1. The number of nitrogens with zero attached hydrogens (tertiary/aromatic N) is 1. The van der Waals surface area contributed by atoms with Crippen molar-refractivity contribution in [1.82, 2.24) is 4.90 Å². The van der Waals surface area contributed by atoms with Crippen LogP contribution in [0.4, 0.5) is 0 Å². The summed E-state index contributed by atoms with van der Waals surface area (Å²) in [7, 11) is 1.89. The molecule has 22 heavy (non-hydrogen) atoms. The minimum absolute atomic E-state index is 0.0459. The number of hydrogen-bond acceptors (Lipinski definition) is 1. The van der Waals surface area contributed by atoms with Crippen molar-refractivity contribution >= 4 is 27.9 Å². The highest BCUT2D eigenvalue weighted by atomic mass is 79.9. The summed E-state index contributed by atoms with van der Waals surface area (Å²) >= 11 is 3.41. The van der Waals surface area contributed by atoms with E-state index in [1.165, 1.54) is 11.1 Å². The monoisotopic (exact) mass is 355 g/mol. The van der Waals surface area contributed by atoms with Gasteiger partial charge in [-0.3, -0.25) is 4.79 Å². The molecule has 0 N–H and O–H groups in total. The molecule has 3 heteroatoms. The van der Waals surface area contributed by atoms with Crippen molar-refractivity contribution in [2.24, 2.45) is 0 Å². The maximum atomic E-state index is 12.4. The summed E-state index contributed by atoms with van der Waals surface area (Å²) in [5.41, 5.74) is 3.68. The second-order valence-electron chi connectivity index (χ2n) is 5.59. The highest BCUT2D eigenvalue weighted by Crippen LogP contribution is 2.34. The quantitative estimate of drug-likeness (QED) is 0.736. The van der Waals surface area contributed by atoms with E-state index in [4.69, 9.17) is 0 Å². The zero-order valence-corrected chi connectivity index (χ0v) is 14.1. The molecule has 2 aromatic carbocycles. The van der Waals surface area contributed by atoms with Crippen LogP contribution in [-0.2, 0) is 11.2 Å². The summed E-state index contributed by atoms with van der Waals surface area (Å²) in [4.78, 5) is 14.3. The second-order valence-corrected chi connectivity index (χ2v) is 6.50. The van der Waals surface area contributed by atoms with Gasteiger partial charge in [0, 0.05) is 17.6 Å². The smallest absolute Gasteiger partial charge is 0.246 e. The highest BCUT2D eigenvalue weighted by molar-refractivity contribution is 9.10. The van der Waals surface area contributed by atoms with Gasteiger partial charge in [0.15, 0.2) is 0 Å². The molecule has 0 heterocycles. The van der Waals surface area contributed by atoms with Crippen molar-refractivity contribution < 1.29 is 4.79 Å². The van der Waals surface area contributed by atoms with Crippen LogP contribution in [0.3, 0.4) is 0 Å². The van der Waals surface area contributed by atoms with Crippen molar-refractivity contribution in [2.75, 3.05) is 7.05 Å². The van der Waals surface area contributed by atoms with Gasteiger partial charge in [0.2, 0.25) is 5.91 Å². The van der Waals surface area contributed by atoms with Crippen molar-refractivity contribution in [3.8, 4) is 0 Å². The topological polar surface area (TPSA) is 20.3 Å². The lowest BCUT2D eigenvalue weighted by atomic mass is 10.1. The van der Waals surface area contributed by atoms with Crippen LogP contribution in [0.5, 0.6) is 0 Å². The molecule has 2 nitrogen and oxygen atoms in total. The van der Waals surface area contributed by atoms with Gasteiger partial charge in [0.25, 0.3) is 0 Å². The molecular weight excluding hydrogens is 338 g/mol. The Kier molecular flexibility index (Phi) is 4.44. The molecule has 0 unspecified atom stereocenters. The molecule has 2 aromatic rings. The largest absolute Gasteiger partial charge is 0.335 e. The molecule has 3 rings (SSSR count). The summed E-state index contributed by atoms with van der Waals surface area (Å²) in [5, 5.41) is 0. The van der Waals surface area contributed by atoms with Crippen molar-refractivity contribution in [3.63, 3.8) is 0 Å². The maximum Gasteiger partial charge on any atom is 0.246 e. The number of fused-ring (bicyclic) bond motifs is 1. The number of likely N-dealkylation sites (N-methyl/N-ethyl adjacent to an activating group) is 1. The fourth-order valence-electron chi connectivity index (χ4n) is 2.95. The number of aryl methyl sites for hydroxylation is 1. The summed E-state index contributed by atoms with van der Waals surface area (Å²) < 4.78 is 1.04. The number of benzene rings is 2. The van der Waals surface area contributed by atoms with Crippen molar-refractivity contribution in [2.45, 2.75) is 18.9 Å². The number of rotatable bonds is 3. The average Bonchev–Trinajstić information content (AvgIpc) is 2.97. The molecule has 0 radical (unpaired) electrons. The van der Waals surface area contributed by atoms with E-state index in [2.05, 4.69) is 34.1 Å². The molecule has 1 aliphatic carbocycles. The van der Waals surface area contributed by atoms with Gasteiger partial charge >= 0.3 is 0 Å². The number of hydrogen-bond donors (Lipinski definition) is 0. The van der Waals surface area contributed by atoms with Crippen LogP contribution in [0, 0.1) is 0 Å². The molecule has 0 bridgehead atoms. The lowest BCUT2D eigenvalue weighted by molar-refractivity contribution is -0.126. The lowest BCUT2D eigenvalue weighted by Crippen LogP contribution is -2.28. The van der Waals surface area contributed by atoms with E-state index in [1.807, 2.05) is 48.4 Å². The van der Waals surface area contributed by atoms with Crippen LogP contribution in [0.15, 0.2) is 59.1 Å². The zero-order valence-electron chi connectivity index (χ0n) is 12.5. The molecule has 112 valence electrons. The first-order valence-electron chi connectivity index (χ1n) is 7.43. The summed E-state index contributed by atoms with van der Waals surface area (Å²) in [6.45, 7) is 0. The Morgan fingerprint density at radius 1 is 1.18 bits per heavy atom. The Morgan fingerprint density at radius 3 is 2.68 bits per heavy atom. The van der Waals surface area contributed by atoms with Crippen LogP contribution in [0.2, 0.25) is 0 Å². The minimum Gasteiger partial charge on any atom is -0.335 e. The third-order valence-corrected chi connectivity index (χ3v) is 4.73. The van der Waals surface area contributed by atoms with E-state index in [-0.39, 0.29) is 11.9 Å². The fraction of sp³-hybridized carbons (Fsp3) is 0.211. The van der Waals surface area contributed by atoms with Crippen LogP contribution in [-0.4, -0.2) is 17.9 Å². The molecule has 1 aliphatic rings. The Morgan fingerprint density at radius 2 is 1.91 bits per heavy atom. The maximum absolute atomic E-state index is 12.4. The zero-order chi connectivity index (χ0) is 15.5. The Labute approximate surface area is 139 Å². The number of amides is 1. The third kappa shape index (κ3) is 3.14. The average molecular weight is 356 g/mol. The predicted molar refractivity (Wildman–Crippen MR) is 93.5 cm³/mol. The second kappa shape index (κ2) is 6.49. The van der Waals surface area contributed by atoms with Crippen molar-refractivity contribution in [1.29, 1.82) is 0 Å². The normalized spacial score (nSPS) is 16.7. The van der Waals surface area contributed by atoms with Gasteiger partial charge in [-0.15, -0.1) is 0 Å².